The SMILES string of the molecule is c1ccc(CN(Cc2cccc(-c3ccc4c(c3)c3ccccc3n4-c3ccc(-c4cccc5c4sc4ccccc45)cc3)c2)N2NC2c2ccccc2)cc1. The third kappa shape index (κ3) is 5.90. The molecule has 1 aliphatic rings. The van der Waals surface area contributed by atoms with Gasteiger partial charge in [0.25, 0.3) is 0 Å². The monoisotopic (exact) mass is 738 g/mol. The molecular formula is C51H38N4S. The van der Waals surface area contributed by atoms with E-state index in [1.807, 2.05) is 11.3 Å². The number of hydrogen-bond acceptors (Lipinski definition) is 4. The van der Waals surface area contributed by atoms with E-state index in [9.17, 15) is 0 Å². The molecule has 8 aromatic carbocycles. The minimum atomic E-state index is 0.176. The Balaban J connectivity index is 0.921. The summed E-state index contributed by atoms with van der Waals surface area (Å²) in [5.41, 5.74) is 16.0. The molecule has 0 spiro atoms. The Hall–Kier alpha value is -6.34. The highest BCUT2D eigenvalue weighted by molar-refractivity contribution is 7.26. The average molecular weight is 739 g/mol. The molecule has 0 amide bonds. The molecule has 10 aromatic rings. The van der Waals surface area contributed by atoms with Crippen LogP contribution in [0, 0.1) is 0 Å². The van der Waals surface area contributed by atoms with Crippen LogP contribution >= 0.6 is 11.3 Å². The second-order valence-corrected chi connectivity index (χ2v) is 15.8. The summed E-state index contributed by atoms with van der Waals surface area (Å²) in [4.78, 5) is 0. The molecule has 1 aliphatic heterocycles. The molecule has 1 saturated heterocycles. The summed E-state index contributed by atoms with van der Waals surface area (Å²) in [6.45, 7) is 1.60. The number of nitrogens with zero attached hydrogens (tertiary/aromatic N) is 3. The van der Waals surface area contributed by atoms with Crippen LogP contribution in [0.3, 0.4) is 0 Å². The van der Waals surface area contributed by atoms with Gasteiger partial charge in [-0.1, -0.05) is 152 Å². The third-order valence-corrected chi connectivity index (χ3v) is 12.4. The third-order valence-electron chi connectivity index (χ3n) is 11.2. The van der Waals surface area contributed by atoms with Crippen LogP contribution in [0.4, 0.5) is 0 Å². The number of rotatable bonds is 9. The summed E-state index contributed by atoms with van der Waals surface area (Å²) in [6.07, 6.45) is 0.176. The van der Waals surface area contributed by atoms with Crippen molar-refractivity contribution < 1.29 is 0 Å². The Morgan fingerprint density at radius 1 is 0.482 bits per heavy atom. The molecule has 2 atom stereocenters. The van der Waals surface area contributed by atoms with E-state index in [-0.39, 0.29) is 6.17 Å². The first-order chi connectivity index (χ1) is 27.7. The van der Waals surface area contributed by atoms with Crippen molar-refractivity contribution in [3.63, 3.8) is 0 Å². The second-order valence-electron chi connectivity index (χ2n) is 14.7. The van der Waals surface area contributed by atoms with Gasteiger partial charge in [-0.2, -0.15) is 5.12 Å². The van der Waals surface area contributed by atoms with Gasteiger partial charge in [0.2, 0.25) is 0 Å². The predicted octanol–water partition coefficient (Wildman–Crippen LogP) is 12.9. The van der Waals surface area contributed by atoms with E-state index < -0.39 is 0 Å². The molecule has 0 radical (unpaired) electrons. The fraction of sp³-hybridized carbons (Fsp3) is 0.0588. The predicted molar refractivity (Wildman–Crippen MR) is 234 cm³/mol. The standard InChI is InChI=1S/C51H38N4S/c1-3-13-35(14-4-1)33-53(55-51(52-55)38-16-5-2-6-17-38)34-36-15-11-18-39(31-36)40-27-30-48-46(32-40)43-19-7-9-23-47(43)54(48)41-28-25-37(26-29-41)42-21-12-22-45-44-20-8-10-24-49(44)56-50(42)45/h1-32,51-52H,33-34H2. The topological polar surface area (TPSA) is 33.1 Å². The zero-order chi connectivity index (χ0) is 37.0. The maximum absolute atomic E-state index is 3.61. The largest absolute Gasteiger partial charge is 0.309 e. The van der Waals surface area contributed by atoms with Gasteiger partial charge in [-0.25, -0.2) is 10.4 Å². The van der Waals surface area contributed by atoms with Gasteiger partial charge in [-0.3, -0.25) is 0 Å². The molecule has 2 unspecified atom stereocenters. The Morgan fingerprint density at radius 3 is 1.98 bits per heavy atom. The molecule has 1 fully saturated rings. The normalized spacial score (nSPS) is 15.4. The van der Waals surface area contributed by atoms with Crippen LogP contribution in [-0.2, 0) is 13.1 Å². The molecule has 0 saturated carbocycles. The first-order valence-corrected chi connectivity index (χ1v) is 20.1. The lowest BCUT2D eigenvalue weighted by Gasteiger charge is -2.23. The van der Waals surface area contributed by atoms with Crippen LogP contribution in [0.15, 0.2) is 194 Å². The van der Waals surface area contributed by atoms with E-state index >= 15 is 0 Å². The molecule has 11 rings (SSSR count). The molecule has 268 valence electrons. The van der Waals surface area contributed by atoms with Gasteiger partial charge in [-0.05, 0) is 81.4 Å². The minimum Gasteiger partial charge on any atom is -0.309 e. The van der Waals surface area contributed by atoms with Gasteiger partial charge >= 0.3 is 0 Å². The van der Waals surface area contributed by atoms with E-state index in [1.54, 1.807) is 0 Å². The Bertz CT molecular complexity index is 3020. The highest BCUT2D eigenvalue weighted by Gasteiger charge is 2.39. The van der Waals surface area contributed by atoms with Gasteiger partial charge in [-0.15, -0.1) is 11.3 Å². The number of benzene rings is 8. The van der Waals surface area contributed by atoms with Crippen molar-refractivity contribution in [1.82, 2.24) is 20.1 Å². The first-order valence-electron chi connectivity index (χ1n) is 19.3. The molecule has 1 N–H and O–H groups in total. The van der Waals surface area contributed by atoms with Crippen LogP contribution in [0.1, 0.15) is 22.9 Å². The molecule has 3 heterocycles. The summed E-state index contributed by atoms with van der Waals surface area (Å²) in [7, 11) is 0. The first kappa shape index (κ1) is 33.0. The molecule has 56 heavy (non-hydrogen) atoms. The molecule has 0 bridgehead atoms. The zero-order valence-corrected chi connectivity index (χ0v) is 31.5. The van der Waals surface area contributed by atoms with Crippen molar-refractivity contribution in [2.75, 3.05) is 0 Å². The van der Waals surface area contributed by atoms with Crippen molar-refractivity contribution >= 4 is 53.3 Å². The van der Waals surface area contributed by atoms with E-state index in [4.69, 9.17) is 0 Å². The highest BCUT2D eigenvalue weighted by Crippen LogP contribution is 2.41. The lowest BCUT2D eigenvalue weighted by Crippen LogP contribution is -2.30. The summed E-state index contributed by atoms with van der Waals surface area (Å²) in [6, 6.07) is 70.8. The number of hydrogen-bond donors (Lipinski definition) is 1. The minimum absolute atomic E-state index is 0.176. The fourth-order valence-electron chi connectivity index (χ4n) is 8.45. The smallest absolute Gasteiger partial charge is 0.129 e. The van der Waals surface area contributed by atoms with Crippen LogP contribution < -0.4 is 5.43 Å². The van der Waals surface area contributed by atoms with Gasteiger partial charge in [0, 0.05) is 49.7 Å². The van der Waals surface area contributed by atoms with Crippen LogP contribution in [0.5, 0.6) is 0 Å². The molecule has 2 aromatic heterocycles. The van der Waals surface area contributed by atoms with E-state index in [2.05, 4.69) is 214 Å². The van der Waals surface area contributed by atoms with Crippen LogP contribution in [-0.4, -0.2) is 14.7 Å². The van der Waals surface area contributed by atoms with Gasteiger partial charge in [0.1, 0.15) is 6.17 Å². The van der Waals surface area contributed by atoms with Crippen molar-refractivity contribution in [3.05, 3.63) is 211 Å². The van der Waals surface area contributed by atoms with E-state index in [0.717, 1.165) is 18.8 Å². The Labute approximate surface area is 330 Å². The second kappa shape index (κ2) is 13.7. The number of nitrogens with one attached hydrogen (secondary N) is 1. The molecule has 4 nitrogen and oxygen atoms in total. The molecule has 5 heteroatoms. The number of thiophene rings is 1. The Kier molecular flexibility index (Phi) is 8.11. The lowest BCUT2D eigenvalue weighted by atomic mass is 10.0. The van der Waals surface area contributed by atoms with Crippen molar-refractivity contribution in [2.24, 2.45) is 0 Å². The molecule has 0 aliphatic carbocycles. The van der Waals surface area contributed by atoms with Crippen molar-refractivity contribution in [1.29, 1.82) is 0 Å². The average Bonchev–Trinajstić information content (AvgIpc) is 3.87. The van der Waals surface area contributed by atoms with Gasteiger partial charge in [0.15, 0.2) is 0 Å². The summed E-state index contributed by atoms with van der Waals surface area (Å²) < 4.78 is 5.09. The summed E-state index contributed by atoms with van der Waals surface area (Å²) >= 11 is 1.88. The molecular weight excluding hydrogens is 701 g/mol. The number of aromatic nitrogens is 1. The van der Waals surface area contributed by atoms with E-state index in [1.165, 1.54) is 80.9 Å². The van der Waals surface area contributed by atoms with E-state index in [0.29, 0.717) is 0 Å². The number of para-hydroxylation sites is 1. The fourth-order valence-corrected chi connectivity index (χ4v) is 9.68. The highest BCUT2D eigenvalue weighted by atomic mass is 32.1. The zero-order valence-electron chi connectivity index (χ0n) is 30.7. The van der Waals surface area contributed by atoms with Crippen molar-refractivity contribution in [2.45, 2.75) is 19.3 Å². The number of hydrazine groups is 2. The van der Waals surface area contributed by atoms with Gasteiger partial charge in [0.05, 0.1) is 11.0 Å². The van der Waals surface area contributed by atoms with Crippen LogP contribution in [0.25, 0.3) is 69.9 Å². The maximum atomic E-state index is 3.61. The maximum Gasteiger partial charge on any atom is 0.129 e. The summed E-state index contributed by atoms with van der Waals surface area (Å²) in [5, 5.41) is 9.86. The van der Waals surface area contributed by atoms with Crippen molar-refractivity contribution in [3.8, 4) is 27.9 Å². The van der Waals surface area contributed by atoms with Gasteiger partial charge < -0.3 is 4.57 Å². The van der Waals surface area contributed by atoms with Crippen LogP contribution in [0.2, 0.25) is 0 Å². The quantitative estimate of drug-likeness (QED) is 0.150. The summed E-state index contributed by atoms with van der Waals surface area (Å²) in [5.74, 6) is 0. The Morgan fingerprint density at radius 2 is 1.12 bits per heavy atom. The number of fused-ring (bicyclic) bond motifs is 6. The lowest BCUT2D eigenvalue weighted by molar-refractivity contribution is 0.0406.